The summed E-state index contributed by atoms with van der Waals surface area (Å²) in [6.07, 6.45) is 0. The van der Waals surface area contributed by atoms with E-state index in [1.165, 1.54) is 0 Å². The van der Waals surface area contributed by atoms with Gasteiger partial charge in [-0.1, -0.05) is 0 Å². The van der Waals surface area contributed by atoms with Crippen LogP contribution in [0.1, 0.15) is 17.1 Å². The lowest BCUT2D eigenvalue weighted by atomic mass is 10.2. The van der Waals surface area contributed by atoms with E-state index in [1.807, 2.05) is 0 Å². The molecule has 0 amide bonds. The standard InChI is InChI=1S/C13H13F2NO3S/c1-8-5-10(9(2)19-8)7-16-20(17,18)11-3-4-12(14)13(15)6-11/h3-6,16H,7H2,1-2H3. The molecule has 1 aromatic heterocycles. The van der Waals surface area contributed by atoms with E-state index in [0.717, 1.165) is 12.1 Å². The average Bonchev–Trinajstić information content (AvgIpc) is 2.69. The molecule has 0 atom stereocenters. The molecule has 0 radical (unpaired) electrons. The van der Waals surface area contributed by atoms with Gasteiger partial charge in [0.05, 0.1) is 4.90 Å². The molecular weight excluding hydrogens is 288 g/mol. The maximum atomic E-state index is 13.1. The minimum atomic E-state index is -3.90. The van der Waals surface area contributed by atoms with Gasteiger partial charge < -0.3 is 4.42 Å². The minimum Gasteiger partial charge on any atom is -0.466 e. The van der Waals surface area contributed by atoms with Crippen molar-refractivity contribution >= 4 is 10.0 Å². The number of nitrogens with one attached hydrogen (secondary N) is 1. The van der Waals surface area contributed by atoms with Crippen LogP contribution >= 0.6 is 0 Å². The van der Waals surface area contributed by atoms with E-state index in [9.17, 15) is 17.2 Å². The van der Waals surface area contributed by atoms with Crippen LogP contribution in [-0.2, 0) is 16.6 Å². The van der Waals surface area contributed by atoms with Crippen LogP contribution in [0, 0.1) is 25.5 Å². The molecule has 20 heavy (non-hydrogen) atoms. The third kappa shape index (κ3) is 3.05. The van der Waals surface area contributed by atoms with Gasteiger partial charge in [-0.2, -0.15) is 0 Å². The van der Waals surface area contributed by atoms with Gasteiger partial charge in [-0.05, 0) is 38.1 Å². The monoisotopic (exact) mass is 301 g/mol. The van der Waals surface area contributed by atoms with Gasteiger partial charge in [-0.25, -0.2) is 21.9 Å². The van der Waals surface area contributed by atoms with Crippen molar-refractivity contribution in [3.8, 4) is 0 Å². The second kappa shape index (κ2) is 5.34. The highest BCUT2D eigenvalue weighted by atomic mass is 32.2. The highest BCUT2D eigenvalue weighted by Gasteiger charge is 2.17. The molecule has 0 aliphatic carbocycles. The van der Waals surface area contributed by atoms with Gasteiger partial charge in [-0.3, -0.25) is 0 Å². The third-order valence-electron chi connectivity index (χ3n) is 2.80. The molecule has 1 aromatic carbocycles. The molecule has 1 heterocycles. The molecule has 2 rings (SSSR count). The molecule has 0 saturated heterocycles. The summed E-state index contributed by atoms with van der Waals surface area (Å²) >= 11 is 0. The largest absolute Gasteiger partial charge is 0.466 e. The van der Waals surface area contributed by atoms with Crippen LogP contribution in [-0.4, -0.2) is 8.42 Å². The minimum absolute atomic E-state index is 0.0184. The fourth-order valence-corrected chi connectivity index (χ4v) is 2.78. The van der Waals surface area contributed by atoms with Gasteiger partial charge in [0, 0.05) is 12.1 Å². The molecule has 0 aliphatic heterocycles. The number of hydrogen-bond donors (Lipinski definition) is 1. The van der Waals surface area contributed by atoms with Gasteiger partial charge >= 0.3 is 0 Å². The Kier molecular flexibility index (Phi) is 3.92. The first-order valence-corrected chi connectivity index (χ1v) is 7.28. The molecule has 4 nitrogen and oxygen atoms in total. The predicted molar refractivity (Wildman–Crippen MR) is 68.6 cm³/mol. The molecule has 0 aliphatic rings. The zero-order valence-corrected chi connectivity index (χ0v) is 11.7. The molecule has 0 unspecified atom stereocenters. The second-order valence-corrected chi connectivity index (χ2v) is 6.11. The lowest BCUT2D eigenvalue weighted by Crippen LogP contribution is -2.23. The number of halogens is 2. The normalized spacial score (nSPS) is 11.8. The Hall–Kier alpha value is -1.73. The topological polar surface area (TPSA) is 59.3 Å². The van der Waals surface area contributed by atoms with Crippen molar-refractivity contribution in [3.05, 3.63) is 53.0 Å². The average molecular weight is 301 g/mol. The number of benzene rings is 1. The Morgan fingerprint density at radius 1 is 1.15 bits per heavy atom. The van der Waals surface area contributed by atoms with Gasteiger partial charge in [-0.15, -0.1) is 0 Å². The number of sulfonamides is 1. The van der Waals surface area contributed by atoms with Crippen LogP contribution in [0.25, 0.3) is 0 Å². The molecule has 1 N–H and O–H groups in total. The predicted octanol–water partition coefficient (Wildman–Crippen LogP) is 2.65. The van der Waals surface area contributed by atoms with Crippen LogP contribution in [0.4, 0.5) is 8.78 Å². The molecule has 108 valence electrons. The summed E-state index contributed by atoms with van der Waals surface area (Å²) in [5, 5.41) is 0. The molecule has 0 spiro atoms. The maximum Gasteiger partial charge on any atom is 0.240 e. The molecule has 0 saturated carbocycles. The van der Waals surface area contributed by atoms with E-state index in [1.54, 1.807) is 19.9 Å². The maximum absolute atomic E-state index is 13.1. The molecule has 0 fully saturated rings. The second-order valence-electron chi connectivity index (χ2n) is 4.34. The Morgan fingerprint density at radius 2 is 1.85 bits per heavy atom. The van der Waals surface area contributed by atoms with Gasteiger partial charge in [0.25, 0.3) is 0 Å². The van der Waals surface area contributed by atoms with Crippen molar-refractivity contribution in [3.63, 3.8) is 0 Å². The number of hydrogen-bond acceptors (Lipinski definition) is 3. The van der Waals surface area contributed by atoms with Crippen LogP contribution < -0.4 is 4.72 Å². The number of rotatable bonds is 4. The smallest absolute Gasteiger partial charge is 0.240 e. The first-order valence-electron chi connectivity index (χ1n) is 5.80. The van der Waals surface area contributed by atoms with Gasteiger partial charge in [0.2, 0.25) is 10.0 Å². The van der Waals surface area contributed by atoms with Crippen molar-refractivity contribution in [1.82, 2.24) is 4.72 Å². The molecule has 2 aromatic rings. The highest BCUT2D eigenvalue weighted by Crippen LogP contribution is 2.16. The first-order chi connectivity index (χ1) is 9.29. The first kappa shape index (κ1) is 14.7. The fraction of sp³-hybridized carbons (Fsp3) is 0.231. The zero-order chi connectivity index (χ0) is 14.9. The summed E-state index contributed by atoms with van der Waals surface area (Å²) in [6.45, 7) is 3.49. The quantitative estimate of drug-likeness (QED) is 0.944. The molecule has 7 heteroatoms. The van der Waals surface area contributed by atoms with Crippen molar-refractivity contribution in [1.29, 1.82) is 0 Å². The van der Waals surface area contributed by atoms with Crippen molar-refractivity contribution in [2.24, 2.45) is 0 Å². The Morgan fingerprint density at radius 3 is 2.40 bits per heavy atom. The fourth-order valence-electron chi connectivity index (χ4n) is 1.76. The van der Waals surface area contributed by atoms with E-state index in [4.69, 9.17) is 4.42 Å². The van der Waals surface area contributed by atoms with Crippen LogP contribution in [0.15, 0.2) is 33.6 Å². The summed E-state index contributed by atoms with van der Waals surface area (Å²) in [6, 6.07) is 4.14. The third-order valence-corrected chi connectivity index (χ3v) is 4.20. The van der Waals surface area contributed by atoms with E-state index >= 15 is 0 Å². The Balaban J connectivity index is 2.19. The van der Waals surface area contributed by atoms with Crippen molar-refractivity contribution < 1.29 is 21.6 Å². The SMILES string of the molecule is Cc1cc(CNS(=O)(=O)c2ccc(F)c(F)c2)c(C)o1. The Bertz CT molecular complexity index is 738. The van der Waals surface area contributed by atoms with E-state index < -0.39 is 21.7 Å². The van der Waals surface area contributed by atoms with Crippen LogP contribution in [0.5, 0.6) is 0 Å². The molecule has 0 bridgehead atoms. The van der Waals surface area contributed by atoms with Crippen LogP contribution in [0.3, 0.4) is 0 Å². The summed E-state index contributed by atoms with van der Waals surface area (Å²) < 4.78 is 57.4. The Labute approximate surface area is 115 Å². The summed E-state index contributed by atoms with van der Waals surface area (Å²) in [5.74, 6) is -1.02. The molecular formula is C13H13F2NO3S. The van der Waals surface area contributed by atoms with E-state index in [2.05, 4.69) is 4.72 Å². The lowest BCUT2D eigenvalue weighted by molar-refractivity contribution is 0.500. The highest BCUT2D eigenvalue weighted by molar-refractivity contribution is 7.89. The summed E-state index contributed by atoms with van der Waals surface area (Å²) in [7, 11) is -3.90. The van der Waals surface area contributed by atoms with Crippen LogP contribution in [0.2, 0.25) is 0 Å². The lowest BCUT2D eigenvalue weighted by Gasteiger charge is -2.06. The van der Waals surface area contributed by atoms with E-state index in [0.29, 0.717) is 23.2 Å². The van der Waals surface area contributed by atoms with Gasteiger partial charge in [0.15, 0.2) is 11.6 Å². The summed E-state index contributed by atoms with van der Waals surface area (Å²) in [4.78, 5) is -0.325. The van der Waals surface area contributed by atoms with E-state index in [-0.39, 0.29) is 11.4 Å². The van der Waals surface area contributed by atoms with Gasteiger partial charge in [0.1, 0.15) is 11.5 Å². The van der Waals surface area contributed by atoms with Crippen molar-refractivity contribution in [2.75, 3.05) is 0 Å². The number of furan rings is 1. The number of aryl methyl sites for hydroxylation is 2. The van der Waals surface area contributed by atoms with Crippen molar-refractivity contribution in [2.45, 2.75) is 25.3 Å². The summed E-state index contributed by atoms with van der Waals surface area (Å²) in [5.41, 5.74) is 0.689. The zero-order valence-electron chi connectivity index (χ0n) is 10.9.